The highest BCUT2D eigenvalue weighted by Gasteiger charge is 2.28. The maximum absolute atomic E-state index is 5.92. The number of benzene rings is 1. The molecule has 1 aromatic carbocycles. The van der Waals surface area contributed by atoms with Gasteiger partial charge in [0.05, 0.1) is 17.2 Å². The van der Waals surface area contributed by atoms with E-state index in [1.54, 1.807) is 0 Å². The minimum atomic E-state index is 0.0771. The van der Waals surface area contributed by atoms with E-state index in [9.17, 15) is 0 Å². The van der Waals surface area contributed by atoms with Gasteiger partial charge in [-0.2, -0.15) is 0 Å². The van der Waals surface area contributed by atoms with Crippen molar-refractivity contribution in [2.45, 2.75) is 25.9 Å². The fourth-order valence-corrected chi connectivity index (χ4v) is 3.79. The van der Waals surface area contributed by atoms with Crippen molar-refractivity contribution in [2.24, 2.45) is 0 Å². The smallest absolute Gasteiger partial charge is 0.175 e. The van der Waals surface area contributed by atoms with Gasteiger partial charge in [0.1, 0.15) is 13.2 Å². The molecule has 1 saturated heterocycles. The van der Waals surface area contributed by atoms with E-state index < -0.39 is 0 Å². The molecule has 0 radical (unpaired) electrons. The summed E-state index contributed by atoms with van der Waals surface area (Å²) in [6.07, 6.45) is 0.0771. The number of hydrogen-bond acceptors (Lipinski definition) is 4. The Bertz CT molecular complexity index is 498. The van der Waals surface area contributed by atoms with Crippen LogP contribution in [0.1, 0.15) is 37.0 Å². The van der Waals surface area contributed by atoms with Crippen LogP contribution in [0.25, 0.3) is 0 Å². The Balaban J connectivity index is 2.08. The highest BCUT2D eigenvalue weighted by molar-refractivity contribution is 9.10. The normalized spacial score (nSPS) is 22.1. The lowest BCUT2D eigenvalue weighted by molar-refractivity contribution is 0.0266. The summed E-state index contributed by atoms with van der Waals surface area (Å²) in [4.78, 5) is 0. The molecule has 0 aromatic heterocycles. The minimum Gasteiger partial charge on any atom is -0.486 e. The Morgan fingerprint density at radius 2 is 2.05 bits per heavy atom. The first kappa shape index (κ1) is 14.2. The third-order valence-electron chi connectivity index (χ3n) is 3.70. The first-order chi connectivity index (χ1) is 9.68. The zero-order valence-electron chi connectivity index (χ0n) is 11.9. The maximum atomic E-state index is 5.92. The van der Waals surface area contributed by atoms with Gasteiger partial charge in [0.2, 0.25) is 0 Å². The molecular formula is C15H20BrNO3. The molecule has 1 atom stereocenters. The van der Waals surface area contributed by atoms with Crippen molar-refractivity contribution in [3.05, 3.63) is 21.7 Å². The number of rotatable bonds is 2. The van der Waals surface area contributed by atoms with Gasteiger partial charge in [-0.05, 0) is 39.0 Å². The quantitative estimate of drug-likeness (QED) is 0.897. The molecule has 5 heteroatoms. The van der Waals surface area contributed by atoms with Crippen LogP contribution in [0.4, 0.5) is 0 Å². The second kappa shape index (κ2) is 5.92. The van der Waals surface area contributed by atoms with Crippen molar-refractivity contribution in [3.8, 4) is 11.5 Å². The largest absolute Gasteiger partial charge is 0.486 e. The van der Waals surface area contributed by atoms with Crippen molar-refractivity contribution >= 4 is 15.9 Å². The zero-order valence-corrected chi connectivity index (χ0v) is 13.5. The van der Waals surface area contributed by atoms with Gasteiger partial charge in [0.25, 0.3) is 0 Å². The molecule has 0 spiro atoms. The number of morpholine rings is 1. The van der Waals surface area contributed by atoms with Crippen molar-refractivity contribution < 1.29 is 14.2 Å². The topological polar surface area (TPSA) is 39.7 Å². The van der Waals surface area contributed by atoms with Crippen LogP contribution in [-0.4, -0.2) is 32.9 Å². The summed E-state index contributed by atoms with van der Waals surface area (Å²) in [5.74, 6) is 2.03. The molecule has 110 valence electrons. The molecule has 1 unspecified atom stereocenters. The van der Waals surface area contributed by atoms with E-state index >= 15 is 0 Å². The van der Waals surface area contributed by atoms with E-state index in [4.69, 9.17) is 14.2 Å². The van der Waals surface area contributed by atoms with Gasteiger partial charge in [-0.1, -0.05) is 13.8 Å². The van der Waals surface area contributed by atoms with Crippen molar-refractivity contribution in [1.82, 2.24) is 5.32 Å². The minimum absolute atomic E-state index is 0.0771. The van der Waals surface area contributed by atoms with Crippen LogP contribution in [0.5, 0.6) is 11.5 Å². The van der Waals surface area contributed by atoms with Crippen molar-refractivity contribution in [2.75, 3.05) is 32.9 Å². The van der Waals surface area contributed by atoms with E-state index in [-0.39, 0.29) is 6.10 Å². The molecule has 1 fully saturated rings. The van der Waals surface area contributed by atoms with Crippen LogP contribution in [0, 0.1) is 0 Å². The fourth-order valence-electron chi connectivity index (χ4n) is 2.80. The molecule has 2 aliphatic heterocycles. The van der Waals surface area contributed by atoms with Crippen LogP contribution in [-0.2, 0) is 4.74 Å². The summed E-state index contributed by atoms with van der Waals surface area (Å²) in [5.41, 5.74) is 2.45. The van der Waals surface area contributed by atoms with E-state index in [2.05, 4.69) is 41.2 Å². The Kier molecular flexibility index (Phi) is 4.19. The van der Waals surface area contributed by atoms with Crippen LogP contribution in [0.15, 0.2) is 10.5 Å². The Labute approximate surface area is 127 Å². The molecule has 0 bridgehead atoms. The van der Waals surface area contributed by atoms with E-state index in [0.29, 0.717) is 19.1 Å². The molecule has 1 aromatic rings. The maximum Gasteiger partial charge on any atom is 0.175 e. The molecule has 20 heavy (non-hydrogen) atoms. The molecule has 0 aliphatic carbocycles. The second-order valence-electron chi connectivity index (χ2n) is 5.44. The zero-order chi connectivity index (χ0) is 14.1. The van der Waals surface area contributed by atoms with Gasteiger partial charge >= 0.3 is 0 Å². The Hall–Kier alpha value is -0.780. The van der Waals surface area contributed by atoms with Crippen molar-refractivity contribution in [3.63, 3.8) is 0 Å². The highest BCUT2D eigenvalue weighted by Crippen LogP contribution is 2.46. The molecule has 4 nitrogen and oxygen atoms in total. The van der Waals surface area contributed by atoms with Gasteiger partial charge in [-0.3, -0.25) is 0 Å². The summed E-state index contributed by atoms with van der Waals surface area (Å²) < 4.78 is 18.4. The average molecular weight is 342 g/mol. The van der Waals surface area contributed by atoms with Gasteiger partial charge < -0.3 is 19.5 Å². The third kappa shape index (κ3) is 2.54. The first-order valence-electron chi connectivity index (χ1n) is 7.12. The summed E-state index contributed by atoms with van der Waals surface area (Å²) >= 11 is 3.70. The lowest BCUT2D eigenvalue weighted by atomic mass is 9.92. The van der Waals surface area contributed by atoms with E-state index in [1.807, 2.05) is 0 Å². The second-order valence-corrected chi connectivity index (χ2v) is 6.23. The highest BCUT2D eigenvalue weighted by atomic mass is 79.9. The number of hydrogen-bond donors (Lipinski definition) is 1. The van der Waals surface area contributed by atoms with Crippen molar-refractivity contribution in [1.29, 1.82) is 0 Å². The number of ether oxygens (including phenoxy) is 3. The lowest BCUT2D eigenvalue weighted by Gasteiger charge is -2.30. The third-order valence-corrected chi connectivity index (χ3v) is 4.48. The molecule has 0 saturated carbocycles. The number of fused-ring (bicyclic) bond motifs is 1. The Morgan fingerprint density at radius 1 is 1.25 bits per heavy atom. The molecule has 2 aliphatic rings. The lowest BCUT2D eigenvalue weighted by Crippen LogP contribution is -2.34. The monoisotopic (exact) mass is 341 g/mol. The van der Waals surface area contributed by atoms with Crippen LogP contribution >= 0.6 is 15.9 Å². The SMILES string of the molecule is CC(C)c1c(C2CNCCO2)cc2c(c1Br)OCCO2. The van der Waals surface area contributed by atoms with Crippen LogP contribution in [0.2, 0.25) is 0 Å². The summed E-state index contributed by atoms with van der Waals surface area (Å²) in [6.45, 7) is 8.08. The summed E-state index contributed by atoms with van der Waals surface area (Å²) in [6, 6.07) is 2.09. The molecule has 2 heterocycles. The predicted molar refractivity (Wildman–Crippen MR) is 80.8 cm³/mol. The van der Waals surface area contributed by atoms with Gasteiger partial charge in [-0.15, -0.1) is 0 Å². The van der Waals surface area contributed by atoms with Gasteiger partial charge in [-0.25, -0.2) is 0 Å². The van der Waals surface area contributed by atoms with E-state index in [0.717, 1.165) is 35.7 Å². The molecule has 0 amide bonds. The standard InChI is InChI=1S/C15H20BrNO3/c1-9(2)13-10(12-8-17-3-4-18-12)7-11-15(14(13)16)20-6-5-19-11/h7,9,12,17H,3-6,8H2,1-2H3. The first-order valence-corrected chi connectivity index (χ1v) is 7.92. The molecule has 3 rings (SSSR count). The average Bonchev–Trinajstić information content (AvgIpc) is 2.47. The fraction of sp³-hybridized carbons (Fsp3) is 0.600. The van der Waals surface area contributed by atoms with E-state index in [1.165, 1.54) is 11.1 Å². The van der Waals surface area contributed by atoms with Crippen LogP contribution in [0.3, 0.4) is 0 Å². The Morgan fingerprint density at radius 3 is 2.75 bits per heavy atom. The summed E-state index contributed by atoms with van der Waals surface area (Å²) in [5, 5.41) is 3.39. The molecule has 1 N–H and O–H groups in total. The number of halogens is 1. The van der Waals surface area contributed by atoms with Gasteiger partial charge in [0.15, 0.2) is 11.5 Å². The van der Waals surface area contributed by atoms with Gasteiger partial charge in [0, 0.05) is 13.1 Å². The predicted octanol–water partition coefficient (Wildman–Crippen LogP) is 3.00. The number of nitrogens with one attached hydrogen (secondary N) is 1. The molecular weight excluding hydrogens is 322 g/mol. The van der Waals surface area contributed by atoms with Crippen LogP contribution < -0.4 is 14.8 Å². The summed E-state index contributed by atoms with van der Waals surface area (Å²) in [7, 11) is 0.